The number of carbonyl (C=O) groups is 2. The Balaban J connectivity index is 2.94. The van der Waals surface area contributed by atoms with Crippen LogP contribution in [0.2, 0.25) is 0 Å². The number of aromatic carboxylic acids is 1. The summed E-state index contributed by atoms with van der Waals surface area (Å²) in [6.45, 7) is 5.40. The lowest BCUT2D eigenvalue weighted by atomic mass is 10.1. The molecule has 0 aliphatic rings. The molecular formula is C14H20N2O4. The summed E-state index contributed by atoms with van der Waals surface area (Å²) in [7, 11) is 1.51. The van der Waals surface area contributed by atoms with E-state index in [1.165, 1.54) is 24.1 Å². The molecule has 1 aromatic rings. The van der Waals surface area contributed by atoms with E-state index in [4.69, 9.17) is 15.6 Å². The minimum atomic E-state index is -1.14. The minimum absolute atomic E-state index is 0.0170. The van der Waals surface area contributed by atoms with Crippen molar-refractivity contribution < 1.29 is 19.4 Å². The second kappa shape index (κ2) is 5.92. The number of ether oxygens (including phenoxy) is 1. The number of carbonyl (C=O) groups excluding carboxylic acids is 1. The third kappa shape index (κ3) is 4.24. The first kappa shape index (κ1) is 16.0. The van der Waals surface area contributed by atoms with E-state index in [1.54, 1.807) is 6.07 Å². The van der Waals surface area contributed by atoms with Crippen LogP contribution in [0.1, 0.15) is 31.1 Å². The number of amides is 1. The molecule has 0 bridgehead atoms. The van der Waals surface area contributed by atoms with Gasteiger partial charge in [0.05, 0.1) is 16.9 Å². The summed E-state index contributed by atoms with van der Waals surface area (Å²) in [5.41, 5.74) is 5.73. The maximum absolute atomic E-state index is 12.0. The summed E-state index contributed by atoms with van der Waals surface area (Å²) in [5.74, 6) is -1.46. The van der Waals surface area contributed by atoms with Gasteiger partial charge in [0.2, 0.25) is 0 Å². The Bertz CT molecular complexity index is 520. The van der Waals surface area contributed by atoms with Crippen LogP contribution in [0.4, 0.5) is 11.4 Å². The lowest BCUT2D eigenvalue weighted by Crippen LogP contribution is -2.34. The van der Waals surface area contributed by atoms with Gasteiger partial charge >= 0.3 is 5.97 Å². The van der Waals surface area contributed by atoms with Crippen LogP contribution in [0.15, 0.2) is 18.2 Å². The van der Waals surface area contributed by atoms with Gasteiger partial charge in [-0.25, -0.2) is 4.79 Å². The third-order valence-corrected chi connectivity index (χ3v) is 2.62. The molecule has 1 aromatic carbocycles. The zero-order valence-corrected chi connectivity index (χ0v) is 12.1. The molecule has 20 heavy (non-hydrogen) atoms. The molecule has 3 N–H and O–H groups in total. The predicted molar refractivity (Wildman–Crippen MR) is 76.9 cm³/mol. The largest absolute Gasteiger partial charge is 0.478 e. The summed E-state index contributed by atoms with van der Waals surface area (Å²) in [4.78, 5) is 24.5. The first-order chi connectivity index (χ1) is 9.11. The molecule has 1 amide bonds. The fraction of sp³-hybridized carbons (Fsp3) is 0.429. The highest BCUT2D eigenvalue weighted by Crippen LogP contribution is 2.22. The molecule has 0 spiro atoms. The SMILES string of the molecule is CN(C(=O)COC(C)(C)C)c1ccc(N)cc1C(=O)O. The Labute approximate surface area is 118 Å². The van der Waals surface area contributed by atoms with Crippen molar-refractivity contribution in [2.24, 2.45) is 0 Å². The van der Waals surface area contributed by atoms with E-state index in [0.29, 0.717) is 5.69 Å². The molecule has 110 valence electrons. The van der Waals surface area contributed by atoms with Crippen LogP contribution in [-0.4, -0.2) is 36.2 Å². The molecule has 0 saturated carbocycles. The number of benzene rings is 1. The van der Waals surface area contributed by atoms with Crippen molar-refractivity contribution in [1.29, 1.82) is 0 Å². The predicted octanol–water partition coefficient (Wildman–Crippen LogP) is 1.74. The third-order valence-electron chi connectivity index (χ3n) is 2.62. The smallest absolute Gasteiger partial charge is 0.337 e. The zero-order valence-electron chi connectivity index (χ0n) is 12.1. The molecule has 0 heterocycles. The van der Waals surface area contributed by atoms with Crippen LogP contribution in [-0.2, 0) is 9.53 Å². The number of nitrogens with two attached hydrogens (primary N) is 1. The van der Waals surface area contributed by atoms with Gasteiger partial charge in [0.25, 0.3) is 5.91 Å². The highest BCUT2D eigenvalue weighted by Gasteiger charge is 2.20. The molecule has 0 fully saturated rings. The van der Waals surface area contributed by atoms with Gasteiger partial charge in [-0.1, -0.05) is 0 Å². The second-order valence-electron chi connectivity index (χ2n) is 5.44. The van der Waals surface area contributed by atoms with Crippen molar-refractivity contribution in [2.45, 2.75) is 26.4 Å². The number of carboxylic acids is 1. The first-order valence-electron chi connectivity index (χ1n) is 6.15. The number of nitrogens with zero attached hydrogens (tertiary/aromatic N) is 1. The van der Waals surface area contributed by atoms with E-state index in [-0.39, 0.29) is 23.8 Å². The maximum Gasteiger partial charge on any atom is 0.337 e. The van der Waals surface area contributed by atoms with Crippen molar-refractivity contribution >= 4 is 23.3 Å². The maximum atomic E-state index is 12.0. The van der Waals surface area contributed by atoms with Crippen LogP contribution in [0.3, 0.4) is 0 Å². The molecule has 0 aromatic heterocycles. The molecule has 6 heteroatoms. The van der Waals surface area contributed by atoms with E-state index in [2.05, 4.69) is 0 Å². The summed E-state index contributed by atoms with van der Waals surface area (Å²) >= 11 is 0. The van der Waals surface area contributed by atoms with Crippen molar-refractivity contribution in [3.8, 4) is 0 Å². The lowest BCUT2D eigenvalue weighted by Gasteiger charge is -2.23. The second-order valence-corrected chi connectivity index (χ2v) is 5.44. The first-order valence-corrected chi connectivity index (χ1v) is 6.15. The van der Waals surface area contributed by atoms with Gasteiger partial charge < -0.3 is 20.5 Å². The summed E-state index contributed by atoms with van der Waals surface area (Å²) in [6.07, 6.45) is 0. The van der Waals surface area contributed by atoms with Crippen LogP contribution >= 0.6 is 0 Å². The van der Waals surface area contributed by atoms with Crippen LogP contribution < -0.4 is 10.6 Å². The van der Waals surface area contributed by atoms with Crippen molar-refractivity contribution in [3.63, 3.8) is 0 Å². The normalized spacial score (nSPS) is 11.2. The van der Waals surface area contributed by atoms with Crippen molar-refractivity contribution in [1.82, 2.24) is 0 Å². The number of nitrogen functional groups attached to an aromatic ring is 1. The van der Waals surface area contributed by atoms with Crippen LogP contribution in [0, 0.1) is 0 Å². The standard InChI is InChI=1S/C14H20N2O4/c1-14(2,3)20-8-12(17)16(4)11-6-5-9(15)7-10(11)13(18)19/h5-7H,8,15H2,1-4H3,(H,18,19). The number of hydrogen-bond donors (Lipinski definition) is 2. The molecule has 0 unspecified atom stereocenters. The lowest BCUT2D eigenvalue weighted by molar-refractivity contribution is -0.127. The summed E-state index contributed by atoms with van der Waals surface area (Å²) in [5, 5.41) is 9.16. The van der Waals surface area contributed by atoms with E-state index >= 15 is 0 Å². The Kier molecular flexibility index (Phi) is 4.73. The van der Waals surface area contributed by atoms with Gasteiger partial charge in [0.15, 0.2) is 0 Å². The van der Waals surface area contributed by atoms with Crippen LogP contribution in [0.25, 0.3) is 0 Å². The van der Waals surface area contributed by atoms with E-state index in [9.17, 15) is 9.59 Å². The molecule has 0 saturated heterocycles. The zero-order chi connectivity index (χ0) is 15.5. The van der Waals surface area contributed by atoms with Gasteiger partial charge in [0, 0.05) is 12.7 Å². The van der Waals surface area contributed by atoms with Gasteiger partial charge in [0.1, 0.15) is 6.61 Å². The highest BCUT2D eigenvalue weighted by molar-refractivity contribution is 6.02. The number of hydrogen-bond acceptors (Lipinski definition) is 4. The Hall–Kier alpha value is -2.08. The minimum Gasteiger partial charge on any atom is -0.478 e. The molecule has 0 radical (unpaired) electrons. The average Bonchev–Trinajstić information content (AvgIpc) is 2.34. The van der Waals surface area contributed by atoms with E-state index in [0.717, 1.165) is 0 Å². The number of rotatable bonds is 4. The molecule has 0 atom stereocenters. The van der Waals surface area contributed by atoms with E-state index in [1.807, 2.05) is 20.8 Å². The quantitative estimate of drug-likeness (QED) is 0.819. The summed E-state index contributed by atoms with van der Waals surface area (Å²) in [6, 6.07) is 4.38. The Morgan fingerprint density at radius 2 is 1.95 bits per heavy atom. The molecular weight excluding hydrogens is 260 g/mol. The summed E-state index contributed by atoms with van der Waals surface area (Å²) < 4.78 is 5.39. The van der Waals surface area contributed by atoms with Gasteiger partial charge in [-0.15, -0.1) is 0 Å². The average molecular weight is 280 g/mol. The molecule has 0 aliphatic carbocycles. The van der Waals surface area contributed by atoms with Gasteiger partial charge in [-0.05, 0) is 39.0 Å². The topological polar surface area (TPSA) is 92.9 Å². The monoisotopic (exact) mass is 280 g/mol. The van der Waals surface area contributed by atoms with Crippen LogP contribution in [0.5, 0.6) is 0 Å². The molecule has 0 aliphatic heterocycles. The number of anilines is 2. The van der Waals surface area contributed by atoms with Gasteiger partial charge in [-0.3, -0.25) is 4.79 Å². The molecule has 6 nitrogen and oxygen atoms in total. The molecule has 1 rings (SSSR count). The highest BCUT2D eigenvalue weighted by atomic mass is 16.5. The fourth-order valence-corrected chi connectivity index (χ4v) is 1.53. The number of likely N-dealkylation sites (N-methyl/N-ethyl adjacent to an activating group) is 1. The Morgan fingerprint density at radius 3 is 2.45 bits per heavy atom. The van der Waals surface area contributed by atoms with E-state index < -0.39 is 11.6 Å². The number of carboxylic acid groups (broad SMARTS) is 1. The van der Waals surface area contributed by atoms with Crippen molar-refractivity contribution in [3.05, 3.63) is 23.8 Å². The Morgan fingerprint density at radius 1 is 1.35 bits per heavy atom. The van der Waals surface area contributed by atoms with Gasteiger partial charge in [-0.2, -0.15) is 0 Å². The fourth-order valence-electron chi connectivity index (χ4n) is 1.53. The van der Waals surface area contributed by atoms with Crippen molar-refractivity contribution in [2.75, 3.05) is 24.3 Å².